The van der Waals surface area contributed by atoms with Crippen LogP contribution < -0.4 is 5.32 Å². The Bertz CT molecular complexity index is 482. The molecule has 0 saturated heterocycles. The first-order chi connectivity index (χ1) is 10.1. The number of nitrogens with one attached hydrogen (secondary N) is 1. The van der Waals surface area contributed by atoms with E-state index < -0.39 is 0 Å². The van der Waals surface area contributed by atoms with Gasteiger partial charge in [0.2, 0.25) is 0 Å². The maximum Gasteiger partial charge on any atom is 0.129 e. The second-order valence-electron chi connectivity index (χ2n) is 7.00. The Hall–Kier alpha value is -0.960. The molecule has 1 N–H and O–H groups in total. The van der Waals surface area contributed by atoms with E-state index in [0.29, 0.717) is 17.9 Å². The molecule has 1 aromatic carbocycles. The summed E-state index contributed by atoms with van der Waals surface area (Å²) < 4.78 is 28.1. The van der Waals surface area contributed by atoms with Crippen molar-refractivity contribution in [1.29, 1.82) is 0 Å². The van der Waals surface area contributed by atoms with E-state index in [0.717, 1.165) is 31.8 Å². The number of benzene rings is 1. The summed E-state index contributed by atoms with van der Waals surface area (Å²) in [4.78, 5) is 0. The van der Waals surface area contributed by atoms with Crippen molar-refractivity contribution in [2.24, 2.45) is 17.3 Å². The molecule has 2 bridgehead atoms. The minimum absolute atomic E-state index is 0.0567. The second kappa shape index (κ2) is 6.04. The Morgan fingerprint density at radius 2 is 2.00 bits per heavy atom. The number of hydrogen-bond donors (Lipinski definition) is 1. The van der Waals surface area contributed by atoms with Crippen LogP contribution in [0.15, 0.2) is 18.2 Å². The average Bonchev–Trinajstić information content (AvgIpc) is 3.04. The Morgan fingerprint density at radius 1 is 1.24 bits per heavy atom. The van der Waals surface area contributed by atoms with Crippen LogP contribution in [0.25, 0.3) is 0 Å². The molecule has 116 valence electrons. The molecule has 3 heteroatoms. The molecule has 0 aliphatic heterocycles. The number of halogens is 2. The van der Waals surface area contributed by atoms with E-state index in [1.165, 1.54) is 37.5 Å². The predicted molar refractivity (Wildman–Crippen MR) is 81.1 cm³/mol. The highest BCUT2D eigenvalue weighted by Gasteiger charge is 2.50. The summed E-state index contributed by atoms with van der Waals surface area (Å²) >= 11 is 0. The van der Waals surface area contributed by atoms with Crippen molar-refractivity contribution in [3.05, 3.63) is 35.4 Å². The van der Waals surface area contributed by atoms with Crippen LogP contribution in [0.1, 0.15) is 44.6 Å². The number of fused-ring (bicyclic) bond motifs is 2. The van der Waals surface area contributed by atoms with Gasteiger partial charge < -0.3 is 5.32 Å². The molecule has 0 amide bonds. The fourth-order valence-corrected chi connectivity index (χ4v) is 4.62. The summed E-state index contributed by atoms with van der Waals surface area (Å²) in [6.07, 6.45) is 6.56. The van der Waals surface area contributed by atoms with Crippen molar-refractivity contribution >= 4 is 0 Å². The molecule has 3 atom stereocenters. The molecule has 2 fully saturated rings. The molecule has 2 saturated carbocycles. The van der Waals surface area contributed by atoms with Gasteiger partial charge in [-0.1, -0.05) is 19.4 Å². The van der Waals surface area contributed by atoms with Crippen molar-refractivity contribution in [3.8, 4) is 0 Å². The molecule has 1 nitrogen and oxygen atoms in total. The first kappa shape index (κ1) is 15.0. The Balaban J connectivity index is 1.83. The monoisotopic (exact) mass is 293 g/mol. The molecular formula is C18H25F2N. The topological polar surface area (TPSA) is 12.0 Å². The zero-order chi connectivity index (χ0) is 14.9. The molecule has 2 aliphatic carbocycles. The first-order valence-electron chi connectivity index (χ1n) is 8.28. The Labute approximate surface area is 126 Å². The van der Waals surface area contributed by atoms with Crippen LogP contribution >= 0.6 is 0 Å². The lowest BCUT2D eigenvalue weighted by Gasteiger charge is -2.38. The minimum atomic E-state index is -0.382. The lowest BCUT2D eigenvalue weighted by Crippen LogP contribution is -2.41. The van der Waals surface area contributed by atoms with E-state index in [1.54, 1.807) is 0 Å². The minimum Gasteiger partial charge on any atom is -0.316 e. The Kier molecular flexibility index (Phi) is 4.30. The fraction of sp³-hybridized carbons (Fsp3) is 0.667. The number of rotatable bonds is 6. The van der Waals surface area contributed by atoms with Crippen molar-refractivity contribution < 1.29 is 8.78 Å². The largest absolute Gasteiger partial charge is 0.316 e. The Morgan fingerprint density at radius 3 is 2.57 bits per heavy atom. The van der Waals surface area contributed by atoms with Crippen molar-refractivity contribution in [3.63, 3.8) is 0 Å². The third kappa shape index (κ3) is 2.85. The van der Waals surface area contributed by atoms with Crippen LogP contribution in [0.2, 0.25) is 0 Å². The van der Waals surface area contributed by atoms with Gasteiger partial charge >= 0.3 is 0 Å². The smallest absolute Gasteiger partial charge is 0.129 e. The van der Waals surface area contributed by atoms with Crippen molar-refractivity contribution in [2.45, 2.75) is 45.4 Å². The summed E-state index contributed by atoms with van der Waals surface area (Å²) in [6, 6.07) is 4.23. The van der Waals surface area contributed by atoms with E-state index in [2.05, 4.69) is 12.2 Å². The van der Waals surface area contributed by atoms with Crippen LogP contribution in [0.5, 0.6) is 0 Å². The molecular weight excluding hydrogens is 268 g/mol. The molecule has 21 heavy (non-hydrogen) atoms. The molecule has 3 rings (SSSR count). The SMILES string of the molecule is CCCNCC1(Cc2c(F)cccc2F)CC2CCC1C2. The van der Waals surface area contributed by atoms with Gasteiger partial charge in [-0.15, -0.1) is 0 Å². The van der Waals surface area contributed by atoms with E-state index in [1.807, 2.05) is 0 Å². The highest BCUT2D eigenvalue weighted by Crippen LogP contribution is 2.57. The maximum absolute atomic E-state index is 14.0. The molecule has 0 spiro atoms. The molecule has 0 aromatic heterocycles. The third-order valence-electron chi connectivity index (χ3n) is 5.60. The average molecular weight is 293 g/mol. The fourth-order valence-electron chi connectivity index (χ4n) is 4.62. The van der Waals surface area contributed by atoms with Gasteiger partial charge in [-0.2, -0.15) is 0 Å². The van der Waals surface area contributed by atoms with Gasteiger partial charge in [0.1, 0.15) is 11.6 Å². The quantitative estimate of drug-likeness (QED) is 0.771. The lowest BCUT2D eigenvalue weighted by atomic mass is 9.69. The van der Waals surface area contributed by atoms with E-state index in [4.69, 9.17) is 0 Å². The predicted octanol–water partition coefficient (Wildman–Crippen LogP) is 4.31. The van der Waals surface area contributed by atoms with Gasteiger partial charge in [0.05, 0.1) is 0 Å². The van der Waals surface area contributed by atoms with Crippen LogP contribution in [-0.4, -0.2) is 13.1 Å². The molecule has 3 unspecified atom stereocenters. The summed E-state index contributed by atoms with van der Waals surface area (Å²) in [5.41, 5.74) is 0.351. The van der Waals surface area contributed by atoms with Gasteiger partial charge in [-0.25, -0.2) is 8.78 Å². The van der Waals surface area contributed by atoms with E-state index in [9.17, 15) is 8.78 Å². The summed E-state index contributed by atoms with van der Waals surface area (Å²) in [5.74, 6) is 0.638. The van der Waals surface area contributed by atoms with E-state index >= 15 is 0 Å². The van der Waals surface area contributed by atoms with Crippen LogP contribution in [0.4, 0.5) is 8.78 Å². The van der Waals surface area contributed by atoms with Crippen LogP contribution in [0, 0.1) is 28.9 Å². The highest BCUT2D eigenvalue weighted by molar-refractivity contribution is 5.23. The summed E-state index contributed by atoms with van der Waals surface area (Å²) in [5, 5.41) is 3.52. The molecule has 1 aromatic rings. The second-order valence-corrected chi connectivity index (χ2v) is 7.00. The van der Waals surface area contributed by atoms with Gasteiger partial charge in [-0.05, 0) is 68.0 Å². The third-order valence-corrected chi connectivity index (χ3v) is 5.60. The van der Waals surface area contributed by atoms with Gasteiger partial charge in [0.15, 0.2) is 0 Å². The van der Waals surface area contributed by atoms with Gasteiger partial charge in [0, 0.05) is 12.1 Å². The van der Waals surface area contributed by atoms with Gasteiger partial charge in [0.25, 0.3) is 0 Å². The maximum atomic E-state index is 14.0. The standard InChI is InChI=1S/C18H25F2N/c1-2-8-21-12-18(10-13-6-7-14(18)9-13)11-15-16(19)4-3-5-17(15)20/h3-5,13-14,21H,2,6-12H2,1H3. The zero-order valence-electron chi connectivity index (χ0n) is 12.8. The summed E-state index contributed by atoms with van der Waals surface area (Å²) in [6.45, 7) is 4.03. The first-order valence-corrected chi connectivity index (χ1v) is 8.28. The summed E-state index contributed by atoms with van der Waals surface area (Å²) in [7, 11) is 0. The number of hydrogen-bond acceptors (Lipinski definition) is 1. The van der Waals surface area contributed by atoms with E-state index in [-0.39, 0.29) is 17.0 Å². The van der Waals surface area contributed by atoms with Crippen molar-refractivity contribution in [2.75, 3.05) is 13.1 Å². The van der Waals surface area contributed by atoms with Crippen LogP contribution in [0.3, 0.4) is 0 Å². The van der Waals surface area contributed by atoms with Gasteiger partial charge in [-0.3, -0.25) is 0 Å². The lowest BCUT2D eigenvalue weighted by molar-refractivity contribution is 0.153. The highest BCUT2D eigenvalue weighted by atomic mass is 19.1. The molecule has 2 aliphatic rings. The van der Waals surface area contributed by atoms with Crippen molar-refractivity contribution in [1.82, 2.24) is 5.32 Å². The van der Waals surface area contributed by atoms with Crippen LogP contribution in [-0.2, 0) is 6.42 Å². The zero-order valence-corrected chi connectivity index (χ0v) is 12.8. The molecule has 0 heterocycles. The molecule has 0 radical (unpaired) electrons. The normalized spacial score (nSPS) is 31.0.